The van der Waals surface area contributed by atoms with Crippen molar-refractivity contribution in [1.29, 1.82) is 0 Å². The van der Waals surface area contributed by atoms with Gasteiger partial charge in [-0.25, -0.2) is 0 Å². The molecule has 0 radical (unpaired) electrons. The van der Waals surface area contributed by atoms with Gasteiger partial charge in [0.15, 0.2) is 0 Å². The van der Waals surface area contributed by atoms with E-state index in [1.54, 1.807) is 17.8 Å². The van der Waals surface area contributed by atoms with Crippen LogP contribution in [0, 0.1) is 6.92 Å². The van der Waals surface area contributed by atoms with Gasteiger partial charge in [0.25, 0.3) is 5.91 Å². The molecule has 3 aromatic carbocycles. The van der Waals surface area contributed by atoms with Crippen LogP contribution < -0.4 is 15.5 Å². The number of piperazine rings is 1. The first-order valence-electron chi connectivity index (χ1n) is 12.5. The third-order valence-electron chi connectivity index (χ3n) is 6.92. The van der Waals surface area contributed by atoms with E-state index in [0.29, 0.717) is 30.1 Å². The number of benzene rings is 3. The molecule has 3 aromatic rings. The number of anilines is 3. The molecule has 2 amide bonds. The molecule has 2 aliphatic heterocycles. The average molecular weight is 535 g/mol. The maximum atomic E-state index is 13.3. The number of amides is 2. The average Bonchev–Trinajstić information content (AvgIpc) is 2.89. The first kappa shape index (κ1) is 25.5. The fourth-order valence-electron chi connectivity index (χ4n) is 4.91. The molecule has 6 nitrogen and oxygen atoms in total. The molecule has 0 aliphatic carbocycles. The van der Waals surface area contributed by atoms with E-state index in [9.17, 15) is 9.59 Å². The number of nitrogens with one attached hydrogen (secondary N) is 2. The van der Waals surface area contributed by atoms with E-state index in [1.807, 2.05) is 41.3 Å². The fraction of sp³-hybridized carbons (Fsp3) is 0.310. The van der Waals surface area contributed by atoms with Crippen molar-refractivity contribution in [1.82, 2.24) is 4.90 Å². The van der Waals surface area contributed by atoms with Gasteiger partial charge in [-0.15, -0.1) is 0 Å². The van der Waals surface area contributed by atoms with E-state index in [0.717, 1.165) is 28.6 Å². The van der Waals surface area contributed by atoms with Crippen molar-refractivity contribution < 1.29 is 9.59 Å². The van der Waals surface area contributed by atoms with Gasteiger partial charge in [-0.2, -0.15) is 11.8 Å². The lowest BCUT2D eigenvalue weighted by molar-refractivity contribution is -0.116. The van der Waals surface area contributed by atoms with Crippen LogP contribution in [-0.4, -0.2) is 54.2 Å². The first-order chi connectivity index (χ1) is 17.9. The predicted octanol–water partition coefficient (Wildman–Crippen LogP) is 5.67. The Morgan fingerprint density at radius 3 is 2.68 bits per heavy atom. The fourth-order valence-corrected chi connectivity index (χ4v) is 6.26. The number of carbonyl (C=O) groups is 2. The van der Waals surface area contributed by atoms with Gasteiger partial charge in [-0.05, 0) is 61.4 Å². The maximum absolute atomic E-state index is 13.3. The lowest BCUT2D eigenvalue weighted by Gasteiger charge is -2.41. The molecule has 0 aromatic heterocycles. The molecular weight excluding hydrogens is 504 g/mol. The van der Waals surface area contributed by atoms with Crippen LogP contribution in [0.3, 0.4) is 0 Å². The van der Waals surface area contributed by atoms with Crippen molar-refractivity contribution in [2.75, 3.05) is 40.9 Å². The topological polar surface area (TPSA) is 64.7 Å². The summed E-state index contributed by atoms with van der Waals surface area (Å²) in [5.41, 5.74) is 5.55. The van der Waals surface area contributed by atoms with Crippen molar-refractivity contribution in [3.63, 3.8) is 0 Å². The Morgan fingerprint density at radius 1 is 1.05 bits per heavy atom. The van der Waals surface area contributed by atoms with Crippen LogP contribution in [0.4, 0.5) is 17.1 Å². The Morgan fingerprint density at radius 2 is 1.89 bits per heavy atom. The summed E-state index contributed by atoms with van der Waals surface area (Å²) in [6, 6.07) is 21.6. The molecule has 8 heteroatoms. The summed E-state index contributed by atoms with van der Waals surface area (Å²) >= 11 is 7.90. The molecule has 5 rings (SSSR count). The Balaban J connectivity index is 1.19. The molecule has 2 aliphatic rings. The van der Waals surface area contributed by atoms with Gasteiger partial charge in [-0.3, -0.25) is 9.59 Å². The summed E-state index contributed by atoms with van der Waals surface area (Å²) in [5.74, 6) is 1.25. The molecular formula is C29H31ClN4O2S. The van der Waals surface area contributed by atoms with Gasteiger partial charge in [0, 0.05) is 53.5 Å². The second kappa shape index (κ2) is 11.1. The molecule has 1 saturated heterocycles. The zero-order valence-corrected chi connectivity index (χ0v) is 22.6. The monoisotopic (exact) mass is 534 g/mol. The van der Waals surface area contributed by atoms with Crippen LogP contribution in [0.2, 0.25) is 5.02 Å². The minimum atomic E-state index is -0.350. The molecule has 2 atom stereocenters. The number of hydrogen-bond donors (Lipinski definition) is 2. The largest absolute Gasteiger partial charge is 0.371 e. The predicted molar refractivity (Wildman–Crippen MR) is 154 cm³/mol. The van der Waals surface area contributed by atoms with E-state index < -0.39 is 0 Å². The highest BCUT2D eigenvalue weighted by molar-refractivity contribution is 7.98. The zero-order chi connectivity index (χ0) is 25.9. The molecule has 0 unspecified atom stereocenters. The van der Waals surface area contributed by atoms with Crippen LogP contribution in [0.1, 0.15) is 28.4 Å². The van der Waals surface area contributed by atoms with Crippen molar-refractivity contribution in [3.8, 4) is 0 Å². The summed E-state index contributed by atoms with van der Waals surface area (Å²) in [5, 5.41) is 7.06. The lowest BCUT2D eigenvalue weighted by atomic mass is 10.1. The first-order valence-corrected chi connectivity index (χ1v) is 14.1. The van der Waals surface area contributed by atoms with Crippen molar-refractivity contribution in [3.05, 3.63) is 88.4 Å². The van der Waals surface area contributed by atoms with Gasteiger partial charge in [0.2, 0.25) is 5.91 Å². The van der Waals surface area contributed by atoms with E-state index >= 15 is 0 Å². The Bertz CT molecular complexity index is 1320. The number of hydrogen-bond acceptors (Lipinski definition) is 5. The van der Waals surface area contributed by atoms with Crippen molar-refractivity contribution >= 4 is 52.2 Å². The smallest absolute Gasteiger partial charge is 0.254 e. The highest BCUT2D eigenvalue weighted by Crippen LogP contribution is 2.31. The SMILES string of the molecule is Cc1cccc(N2CCN(C(=O)c3ccc4c(c3)NC(=O)[C@@H](CSCc3ccccc3Cl)N4)C[C@H]2C)c1. The van der Waals surface area contributed by atoms with Gasteiger partial charge >= 0.3 is 0 Å². The minimum Gasteiger partial charge on any atom is -0.371 e. The van der Waals surface area contributed by atoms with Crippen LogP contribution >= 0.6 is 23.4 Å². The lowest BCUT2D eigenvalue weighted by Crippen LogP contribution is -2.53. The summed E-state index contributed by atoms with van der Waals surface area (Å²) in [6.45, 7) is 6.35. The molecule has 1 fully saturated rings. The second-order valence-corrected chi connectivity index (χ2v) is 11.1. The van der Waals surface area contributed by atoms with Crippen molar-refractivity contribution in [2.45, 2.75) is 31.7 Å². The summed E-state index contributed by atoms with van der Waals surface area (Å²) in [4.78, 5) is 30.4. The quantitative estimate of drug-likeness (QED) is 0.427. The number of nitrogens with zero attached hydrogens (tertiary/aromatic N) is 2. The molecule has 0 saturated carbocycles. The summed E-state index contributed by atoms with van der Waals surface area (Å²) in [6.07, 6.45) is 0. The Hall–Kier alpha value is -3.16. The van der Waals surface area contributed by atoms with E-state index in [4.69, 9.17) is 11.6 Å². The standard InChI is InChI=1S/C29H31ClN4O2S/c1-19-6-5-8-23(14-19)34-13-12-33(16-20(34)2)29(36)21-10-11-25-26(15-21)32-28(35)27(31-25)18-37-17-22-7-3-4-9-24(22)30/h3-11,14-15,20,27,31H,12-13,16-18H2,1-2H3,(H,32,35)/t20-,27-/m1/s1. The van der Waals surface area contributed by atoms with Crippen LogP contribution in [0.25, 0.3) is 0 Å². The number of rotatable bonds is 6. The normalized spacial score (nSPS) is 19.2. The number of aryl methyl sites for hydroxylation is 1. The van der Waals surface area contributed by atoms with E-state index in [1.165, 1.54) is 11.3 Å². The van der Waals surface area contributed by atoms with Gasteiger partial charge in [-0.1, -0.05) is 41.9 Å². The number of carbonyl (C=O) groups excluding carboxylic acids is 2. The minimum absolute atomic E-state index is 0.00906. The molecule has 192 valence electrons. The molecule has 0 spiro atoms. The third kappa shape index (κ3) is 5.73. The second-order valence-electron chi connectivity index (χ2n) is 9.69. The number of halogens is 1. The number of thioether (sulfide) groups is 1. The maximum Gasteiger partial charge on any atom is 0.254 e. The van der Waals surface area contributed by atoms with Gasteiger partial charge < -0.3 is 20.4 Å². The summed E-state index contributed by atoms with van der Waals surface area (Å²) in [7, 11) is 0. The Labute approximate surface area is 227 Å². The Kier molecular flexibility index (Phi) is 7.63. The highest BCUT2D eigenvalue weighted by atomic mass is 35.5. The van der Waals surface area contributed by atoms with Gasteiger partial charge in [0.1, 0.15) is 6.04 Å². The van der Waals surface area contributed by atoms with Gasteiger partial charge in [0.05, 0.1) is 11.4 Å². The molecule has 2 heterocycles. The molecule has 2 N–H and O–H groups in total. The highest BCUT2D eigenvalue weighted by Gasteiger charge is 2.30. The molecule has 37 heavy (non-hydrogen) atoms. The summed E-state index contributed by atoms with van der Waals surface area (Å²) < 4.78 is 0. The van der Waals surface area contributed by atoms with Crippen LogP contribution in [-0.2, 0) is 10.5 Å². The zero-order valence-electron chi connectivity index (χ0n) is 21.0. The van der Waals surface area contributed by atoms with Crippen molar-refractivity contribution in [2.24, 2.45) is 0 Å². The number of fused-ring (bicyclic) bond motifs is 1. The van der Waals surface area contributed by atoms with Crippen LogP contribution in [0.5, 0.6) is 0 Å². The van der Waals surface area contributed by atoms with Crippen LogP contribution in [0.15, 0.2) is 66.7 Å². The van der Waals surface area contributed by atoms with E-state index in [2.05, 4.69) is 53.6 Å². The van der Waals surface area contributed by atoms with E-state index in [-0.39, 0.29) is 23.9 Å². The third-order valence-corrected chi connectivity index (χ3v) is 8.37. The molecule has 0 bridgehead atoms.